The zero-order valence-electron chi connectivity index (χ0n) is 9.50. The fourth-order valence-electron chi connectivity index (χ4n) is 1.62. The molecule has 1 heterocycles. The Morgan fingerprint density at radius 2 is 1.94 bits per heavy atom. The van der Waals surface area contributed by atoms with E-state index in [-0.39, 0.29) is 11.1 Å². The molecule has 0 aliphatic carbocycles. The first-order valence-corrected chi connectivity index (χ1v) is 5.27. The highest BCUT2D eigenvalue weighted by Crippen LogP contribution is 2.22. The van der Waals surface area contributed by atoms with Gasteiger partial charge in [0.2, 0.25) is 0 Å². The number of nitrogen functional groups attached to an aromatic ring is 1. The summed E-state index contributed by atoms with van der Waals surface area (Å²) in [6.45, 7) is 5.18. The quantitative estimate of drug-likeness (QED) is 0.574. The molecule has 1 aliphatic heterocycles. The van der Waals surface area contributed by atoms with Crippen molar-refractivity contribution < 1.29 is 13.7 Å². The van der Waals surface area contributed by atoms with Crippen molar-refractivity contribution in [3.63, 3.8) is 0 Å². The van der Waals surface area contributed by atoms with Gasteiger partial charge in [0.15, 0.2) is 0 Å². The molecule has 0 aromatic heterocycles. The molecule has 0 bridgehead atoms. The molecule has 1 aliphatic rings. The van der Waals surface area contributed by atoms with Crippen molar-refractivity contribution in [3.05, 3.63) is 24.0 Å². The average molecular weight is 223 g/mol. The number of halogens is 1. The second-order valence-corrected chi connectivity index (χ2v) is 4.87. The third kappa shape index (κ3) is 2.20. The molecule has 86 valence electrons. The topological polar surface area (TPSA) is 44.5 Å². The van der Waals surface area contributed by atoms with Gasteiger partial charge in [-0.2, -0.15) is 0 Å². The monoisotopic (exact) mass is 223 g/mol. The van der Waals surface area contributed by atoms with Crippen LogP contribution in [-0.4, -0.2) is 20.3 Å². The molecule has 0 radical (unpaired) electrons. The van der Waals surface area contributed by atoms with Crippen molar-refractivity contribution in [2.24, 2.45) is 5.41 Å². The highest BCUT2D eigenvalue weighted by atomic mass is 19.1. The van der Waals surface area contributed by atoms with Gasteiger partial charge in [-0.25, -0.2) is 4.39 Å². The predicted octanol–water partition coefficient (Wildman–Crippen LogP) is 1.18. The maximum Gasteiger partial charge on any atom is 0.496 e. The zero-order chi connectivity index (χ0) is 11.8. The van der Waals surface area contributed by atoms with E-state index in [1.807, 2.05) is 13.8 Å². The molecule has 1 fully saturated rings. The molecular weight excluding hydrogens is 208 g/mol. The third-order valence-corrected chi connectivity index (χ3v) is 2.56. The van der Waals surface area contributed by atoms with Crippen LogP contribution in [0.3, 0.4) is 0 Å². The fraction of sp³-hybridized carbons (Fsp3) is 0.455. The summed E-state index contributed by atoms with van der Waals surface area (Å²) in [4.78, 5) is 0. The minimum Gasteiger partial charge on any atom is -0.407 e. The van der Waals surface area contributed by atoms with Crippen molar-refractivity contribution in [1.29, 1.82) is 0 Å². The SMILES string of the molecule is CC1(C)COB(c2cccc(N)c2F)OC1. The third-order valence-electron chi connectivity index (χ3n) is 2.56. The van der Waals surface area contributed by atoms with E-state index in [0.717, 1.165) is 0 Å². The van der Waals surface area contributed by atoms with E-state index >= 15 is 0 Å². The van der Waals surface area contributed by atoms with Crippen LogP contribution in [0.15, 0.2) is 18.2 Å². The highest BCUT2D eigenvalue weighted by molar-refractivity contribution is 6.61. The van der Waals surface area contributed by atoms with Gasteiger partial charge in [0, 0.05) is 24.1 Å². The second kappa shape index (κ2) is 4.07. The van der Waals surface area contributed by atoms with Crippen LogP contribution in [-0.2, 0) is 9.31 Å². The fourth-order valence-corrected chi connectivity index (χ4v) is 1.62. The van der Waals surface area contributed by atoms with E-state index in [9.17, 15) is 4.39 Å². The first-order valence-electron chi connectivity index (χ1n) is 5.27. The van der Waals surface area contributed by atoms with E-state index in [2.05, 4.69) is 0 Å². The van der Waals surface area contributed by atoms with Gasteiger partial charge in [0.25, 0.3) is 0 Å². The molecule has 0 saturated carbocycles. The number of benzene rings is 1. The minimum atomic E-state index is -0.642. The maximum atomic E-state index is 13.7. The lowest BCUT2D eigenvalue weighted by Gasteiger charge is -2.33. The van der Waals surface area contributed by atoms with Crippen molar-refractivity contribution in [3.8, 4) is 0 Å². The number of hydrogen-bond donors (Lipinski definition) is 1. The number of anilines is 1. The van der Waals surface area contributed by atoms with E-state index in [0.29, 0.717) is 18.7 Å². The first kappa shape index (κ1) is 11.4. The van der Waals surface area contributed by atoms with Crippen LogP contribution in [0.4, 0.5) is 10.1 Å². The van der Waals surface area contributed by atoms with Crippen LogP contribution in [0.1, 0.15) is 13.8 Å². The van der Waals surface area contributed by atoms with Crippen LogP contribution in [0.2, 0.25) is 0 Å². The van der Waals surface area contributed by atoms with Crippen LogP contribution >= 0.6 is 0 Å². The Morgan fingerprint density at radius 3 is 2.56 bits per heavy atom. The lowest BCUT2D eigenvalue weighted by atomic mass is 9.75. The summed E-state index contributed by atoms with van der Waals surface area (Å²) >= 11 is 0. The van der Waals surface area contributed by atoms with Gasteiger partial charge in [0.1, 0.15) is 5.82 Å². The van der Waals surface area contributed by atoms with Crippen molar-refractivity contribution in [1.82, 2.24) is 0 Å². The minimum absolute atomic E-state index is 0.0205. The second-order valence-electron chi connectivity index (χ2n) is 4.87. The summed E-state index contributed by atoms with van der Waals surface area (Å²) in [5.41, 5.74) is 5.96. The molecular formula is C11H15BFNO2. The summed E-state index contributed by atoms with van der Waals surface area (Å²) in [5.74, 6) is -0.452. The Hall–Kier alpha value is -1.07. The normalized spacial score (nSPS) is 19.8. The van der Waals surface area contributed by atoms with E-state index in [4.69, 9.17) is 15.0 Å². The zero-order valence-corrected chi connectivity index (χ0v) is 9.50. The van der Waals surface area contributed by atoms with Gasteiger partial charge in [-0.15, -0.1) is 0 Å². The molecule has 3 nitrogen and oxygen atoms in total. The largest absolute Gasteiger partial charge is 0.496 e. The molecule has 2 rings (SSSR count). The summed E-state index contributed by atoms with van der Waals surface area (Å²) in [7, 11) is -0.642. The first-order chi connectivity index (χ1) is 7.49. The van der Waals surface area contributed by atoms with Gasteiger partial charge in [-0.05, 0) is 6.07 Å². The van der Waals surface area contributed by atoms with E-state index in [1.165, 1.54) is 6.07 Å². The van der Waals surface area contributed by atoms with Crippen LogP contribution in [0.5, 0.6) is 0 Å². The number of hydrogen-bond acceptors (Lipinski definition) is 3. The van der Waals surface area contributed by atoms with E-state index in [1.54, 1.807) is 12.1 Å². The molecule has 0 unspecified atom stereocenters. The summed E-state index contributed by atoms with van der Waals surface area (Å²) in [5, 5.41) is 0. The summed E-state index contributed by atoms with van der Waals surface area (Å²) in [6, 6.07) is 4.85. The Labute approximate surface area is 94.9 Å². The van der Waals surface area contributed by atoms with Crippen molar-refractivity contribution >= 4 is 18.3 Å². The number of rotatable bonds is 1. The van der Waals surface area contributed by atoms with Gasteiger partial charge in [0.05, 0.1) is 5.69 Å². The Bertz CT molecular complexity index is 388. The molecule has 1 aromatic rings. The lowest BCUT2D eigenvalue weighted by molar-refractivity contribution is 0.0340. The average Bonchev–Trinajstić information content (AvgIpc) is 2.23. The van der Waals surface area contributed by atoms with Crippen LogP contribution in [0, 0.1) is 11.2 Å². The Balaban J connectivity index is 2.17. The smallest absolute Gasteiger partial charge is 0.407 e. The molecule has 5 heteroatoms. The van der Waals surface area contributed by atoms with Crippen LogP contribution < -0.4 is 11.2 Å². The molecule has 1 aromatic carbocycles. The Kier molecular flexibility index (Phi) is 2.91. The van der Waals surface area contributed by atoms with E-state index < -0.39 is 12.9 Å². The molecule has 0 amide bonds. The Morgan fingerprint density at radius 1 is 1.31 bits per heavy atom. The molecule has 2 N–H and O–H groups in total. The van der Waals surface area contributed by atoms with Crippen molar-refractivity contribution in [2.45, 2.75) is 13.8 Å². The van der Waals surface area contributed by atoms with Gasteiger partial charge >= 0.3 is 7.12 Å². The molecule has 0 spiro atoms. The lowest BCUT2D eigenvalue weighted by Crippen LogP contribution is -2.48. The van der Waals surface area contributed by atoms with Gasteiger partial charge in [-0.1, -0.05) is 26.0 Å². The summed E-state index contributed by atoms with van der Waals surface area (Å²) < 4.78 is 24.7. The van der Waals surface area contributed by atoms with Gasteiger partial charge in [-0.3, -0.25) is 0 Å². The van der Waals surface area contributed by atoms with Crippen molar-refractivity contribution in [2.75, 3.05) is 18.9 Å². The maximum absolute atomic E-state index is 13.7. The summed E-state index contributed by atoms with van der Waals surface area (Å²) in [6.07, 6.45) is 0. The molecule has 1 saturated heterocycles. The molecule has 16 heavy (non-hydrogen) atoms. The van der Waals surface area contributed by atoms with Gasteiger partial charge < -0.3 is 15.0 Å². The highest BCUT2D eigenvalue weighted by Gasteiger charge is 2.35. The predicted molar refractivity (Wildman–Crippen MR) is 61.9 cm³/mol. The van der Waals surface area contributed by atoms with Crippen LogP contribution in [0.25, 0.3) is 0 Å². The number of nitrogens with two attached hydrogens (primary N) is 1. The molecule has 0 atom stereocenters. The standard InChI is InChI=1S/C11H15BFNO2/c1-11(2)6-15-12(16-7-11)8-4-3-5-9(14)10(8)13/h3-5H,6-7,14H2,1-2H3.